The summed E-state index contributed by atoms with van der Waals surface area (Å²) in [5, 5.41) is 13.0. The second-order valence-corrected chi connectivity index (χ2v) is 6.27. The predicted molar refractivity (Wildman–Crippen MR) is 73.6 cm³/mol. The molecule has 0 spiro atoms. The Bertz CT molecular complexity index is 713. The summed E-state index contributed by atoms with van der Waals surface area (Å²) in [5.74, 6) is -0.368. The molecular formula is C11H12N4O3S2. The maximum Gasteiger partial charge on any atom is 0.273 e. The molecule has 1 aromatic carbocycles. The van der Waals surface area contributed by atoms with Crippen LogP contribution in [0.2, 0.25) is 0 Å². The highest BCUT2D eigenvalue weighted by Crippen LogP contribution is 2.17. The van der Waals surface area contributed by atoms with Gasteiger partial charge in [-0.15, -0.1) is 5.10 Å². The van der Waals surface area contributed by atoms with Crippen molar-refractivity contribution >= 4 is 27.5 Å². The summed E-state index contributed by atoms with van der Waals surface area (Å²) in [5.41, 5.74) is 0.859. The maximum absolute atomic E-state index is 11.8. The first-order chi connectivity index (χ1) is 9.38. The van der Waals surface area contributed by atoms with Gasteiger partial charge in [-0.1, -0.05) is 16.6 Å². The number of rotatable bonds is 4. The Hall–Kier alpha value is -1.84. The number of carbonyl (C=O) groups excluding carboxylic acids is 1. The average molecular weight is 312 g/mol. The van der Waals surface area contributed by atoms with Crippen molar-refractivity contribution in [3.05, 3.63) is 40.9 Å². The van der Waals surface area contributed by atoms with Crippen molar-refractivity contribution in [2.75, 3.05) is 0 Å². The molecule has 0 bridgehead atoms. The molecule has 9 heteroatoms. The Labute approximate surface area is 120 Å². The number of nitrogens with zero attached hydrogens (tertiary/aromatic N) is 2. The SMILES string of the molecule is CC(NC(=O)c1csnn1)c1cccc(S(N)(=O)=O)c1. The van der Waals surface area contributed by atoms with Gasteiger partial charge in [-0.25, -0.2) is 13.6 Å². The zero-order valence-corrected chi connectivity index (χ0v) is 12.1. The van der Waals surface area contributed by atoms with Crippen LogP contribution in [0.3, 0.4) is 0 Å². The highest BCUT2D eigenvalue weighted by atomic mass is 32.2. The quantitative estimate of drug-likeness (QED) is 0.861. The van der Waals surface area contributed by atoms with E-state index in [2.05, 4.69) is 14.9 Å². The first-order valence-electron chi connectivity index (χ1n) is 5.58. The molecule has 0 saturated heterocycles. The average Bonchev–Trinajstić information content (AvgIpc) is 2.91. The molecule has 0 fully saturated rings. The molecule has 1 aromatic heterocycles. The van der Waals surface area contributed by atoms with Crippen LogP contribution in [0.5, 0.6) is 0 Å². The van der Waals surface area contributed by atoms with Crippen molar-refractivity contribution in [2.45, 2.75) is 17.9 Å². The summed E-state index contributed by atoms with van der Waals surface area (Å²) >= 11 is 1.08. The zero-order valence-electron chi connectivity index (χ0n) is 10.5. The summed E-state index contributed by atoms with van der Waals surface area (Å²) in [7, 11) is -3.76. The number of nitrogens with one attached hydrogen (secondary N) is 1. The molecule has 3 N–H and O–H groups in total. The zero-order chi connectivity index (χ0) is 14.8. The monoisotopic (exact) mass is 312 g/mol. The summed E-state index contributed by atoms with van der Waals surface area (Å²) in [6, 6.07) is 5.73. The van der Waals surface area contributed by atoms with Crippen LogP contribution in [0.1, 0.15) is 29.0 Å². The van der Waals surface area contributed by atoms with Gasteiger partial charge in [0.2, 0.25) is 10.0 Å². The smallest absolute Gasteiger partial charge is 0.273 e. The number of nitrogens with two attached hydrogens (primary N) is 1. The normalized spacial score (nSPS) is 12.9. The van der Waals surface area contributed by atoms with Crippen molar-refractivity contribution in [1.82, 2.24) is 14.9 Å². The molecule has 0 aliphatic carbocycles. The van der Waals surface area contributed by atoms with Crippen LogP contribution in [0.15, 0.2) is 34.5 Å². The molecule has 2 rings (SSSR count). The van der Waals surface area contributed by atoms with E-state index in [0.29, 0.717) is 5.56 Å². The minimum Gasteiger partial charge on any atom is -0.344 e. The van der Waals surface area contributed by atoms with Gasteiger partial charge in [0.25, 0.3) is 5.91 Å². The van der Waals surface area contributed by atoms with Crippen molar-refractivity contribution in [1.29, 1.82) is 0 Å². The number of sulfonamides is 1. The second kappa shape index (κ2) is 5.65. The molecule has 7 nitrogen and oxygen atoms in total. The number of hydrogen-bond donors (Lipinski definition) is 2. The van der Waals surface area contributed by atoms with E-state index in [4.69, 9.17) is 5.14 Å². The highest BCUT2D eigenvalue weighted by molar-refractivity contribution is 7.89. The number of aromatic nitrogens is 2. The van der Waals surface area contributed by atoms with Gasteiger partial charge in [-0.05, 0) is 36.2 Å². The van der Waals surface area contributed by atoms with Crippen LogP contribution >= 0.6 is 11.5 Å². The van der Waals surface area contributed by atoms with Gasteiger partial charge in [0.05, 0.1) is 10.9 Å². The van der Waals surface area contributed by atoms with Gasteiger partial charge < -0.3 is 5.32 Å². The summed E-state index contributed by atoms with van der Waals surface area (Å²) in [6.07, 6.45) is 0. The summed E-state index contributed by atoms with van der Waals surface area (Å²) in [6.45, 7) is 1.74. The number of primary sulfonamides is 1. The standard InChI is InChI=1S/C11H12N4O3S2/c1-7(13-11(16)10-6-19-15-14-10)8-3-2-4-9(5-8)20(12,17)18/h2-7H,1H3,(H,13,16)(H2,12,17,18). The van der Waals surface area contributed by atoms with Crippen LogP contribution in [0.25, 0.3) is 0 Å². The molecule has 1 amide bonds. The van der Waals surface area contributed by atoms with E-state index in [1.165, 1.54) is 17.5 Å². The van der Waals surface area contributed by atoms with Crippen LogP contribution < -0.4 is 10.5 Å². The third kappa shape index (κ3) is 3.38. The Balaban J connectivity index is 2.18. The molecular weight excluding hydrogens is 300 g/mol. The molecule has 20 heavy (non-hydrogen) atoms. The number of amides is 1. The molecule has 1 atom stereocenters. The number of carbonyl (C=O) groups is 1. The van der Waals surface area contributed by atoms with Crippen molar-refractivity contribution in [3.8, 4) is 0 Å². The Morgan fingerprint density at radius 2 is 2.20 bits per heavy atom. The molecule has 0 radical (unpaired) electrons. The molecule has 0 aliphatic heterocycles. The lowest BCUT2D eigenvalue weighted by Crippen LogP contribution is -2.27. The van der Waals surface area contributed by atoms with Gasteiger partial charge >= 0.3 is 0 Å². The Kier molecular flexibility index (Phi) is 4.12. The van der Waals surface area contributed by atoms with E-state index in [1.807, 2.05) is 0 Å². The third-order valence-electron chi connectivity index (χ3n) is 2.63. The molecule has 106 valence electrons. The molecule has 1 heterocycles. The third-order valence-corrected chi connectivity index (χ3v) is 4.04. The van der Waals surface area contributed by atoms with Gasteiger partial charge in [-0.3, -0.25) is 4.79 Å². The van der Waals surface area contributed by atoms with Gasteiger partial charge in [0.15, 0.2) is 5.69 Å². The van der Waals surface area contributed by atoms with Crippen molar-refractivity contribution < 1.29 is 13.2 Å². The fourth-order valence-corrected chi connectivity index (χ4v) is 2.58. The Morgan fingerprint density at radius 1 is 1.45 bits per heavy atom. The lowest BCUT2D eigenvalue weighted by molar-refractivity contribution is 0.0935. The predicted octanol–water partition coefficient (Wildman–Crippen LogP) is 0.677. The second-order valence-electron chi connectivity index (χ2n) is 4.10. The summed E-state index contributed by atoms with van der Waals surface area (Å²) in [4.78, 5) is 11.8. The van der Waals surface area contributed by atoms with Gasteiger partial charge in [-0.2, -0.15) is 0 Å². The Morgan fingerprint density at radius 3 is 2.80 bits per heavy atom. The van der Waals surface area contributed by atoms with Crippen LogP contribution in [-0.2, 0) is 10.0 Å². The lowest BCUT2D eigenvalue weighted by atomic mass is 10.1. The van der Waals surface area contributed by atoms with E-state index in [0.717, 1.165) is 11.5 Å². The van der Waals surface area contributed by atoms with E-state index >= 15 is 0 Å². The number of benzene rings is 1. The fourth-order valence-electron chi connectivity index (χ4n) is 1.58. The highest BCUT2D eigenvalue weighted by Gasteiger charge is 2.15. The maximum atomic E-state index is 11.8. The van der Waals surface area contributed by atoms with E-state index in [1.54, 1.807) is 19.1 Å². The van der Waals surface area contributed by atoms with Gasteiger partial charge in [0.1, 0.15) is 0 Å². The molecule has 0 saturated carbocycles. The fraction of sp³-hybridized carbons (Fsp3) is 0.182. The molecule has 0 aliphatic rings. The van der Waals surface area contributed by atoms with Gasteiger partial charge in [0, 0.05) is 5.38 Å². The molecule has 2 aromatic rings. The van der Waals surface area contributed by atoms with Crippen LogP contribution in [-0.4, -0.2) is 23.9 Å². The van der Waals surface area contributed by atoms with Crippen LogP contribution in [0.4, 0.5) is 0 Å². The minimum absolute atomic E-state index is 0.00595. The largest absolute Gasteiger partial charge is 0.344 e. The first kappa shape index (κ1) is 14.6. The minimum atomic E-state index is -3.76. The van der Waals surface area contributed by atoms with Crippen molar-refractivity contribution in [2.24, 2.45) is 5.14 Å². The topological polar surface area (TPSA) is 115 Å². The van der Waals surface area contributed by atoms with E-state index < -0.39 is 10.0 Å². The van der Waals surface area contributed by atoms with Crippen molar-refractivity contribution in [3.63, 3.8) is 0 Å². The van der Waals surface area contributed by atoms with E-state index in [9.17, 15) is 13.2 Å². The lowest BCUT2D eigenvalue weighted by Gasteiger charge is -2.14. The summed E-state index contributed by atoms with van der Waals surface area (Å²) < 4.78 is 26.2. The van der Waals surface area contributed by atoms with Crippen LogP contribution in [0, 0.1) is 0 Å². The first-order valence-corrected chi connectivity index (χ1v) is 7.97. The molecule has 1 unspecified atom stereocenters. The number of hydrogen-bond acceptors (Lipinski definition) is 6. The van der Waals surface area contributed by atoms with E-state index in [-0.39, 0.29) is 22.5 Å².